The van der Waals surface area contributed by atoms with Gasteiger partial charge in [0.1, 0.15) is 10.8 Å². The Kier molecular flexibility index (Phi) is 5.52. The third-order valence-corrected chi connectivity index (χ3v) is 6.58. The summed E-state index contributed by atoms with van der Waals surface area (Å²) < 4.78 is 5.20. The van der Waals surface area contributed by atoms with Crippen LogP contribution >= 0.6 is 34.0 Å². The van der Waals surface area contributed by atoms with E-state index < -0.39 is 0 Å². The van der Waals surface area contributed by atoms with Gasteiger partial charge in [-0.1, -0.05) is 0 Å². The lowest BCUT2D eigenvalue weighted by molar-refractivity contribution is -0.115. The Morgan fingerprint density at radius 3 is 2.64 bits per heavy atom. The van der Waals surface area contributed by atoms with Crippen molar-refractivity contribution in [3.8, 4) is 27.6 Å². The van der Waals surface area contributed by atoms with Crippen molar-refractivity contribution in [1.82, 2.24) is 9.97 Å². The van der Waals surface area contributed by atoms with E-state index in [1.807, 2.05) is 48.0 Å². The van der Waals surface area contributed by atoms with Crippen molar-refractivity contribution in [1.29, 1.82) is 0 Å². The number of thiazole rings is 2. The molecule has 0 bridgehead atoms. The highest BCUT2D eigenvalue weighted by atomic mass is 32.1. The van der Waals surface area contributed by atoms with Crippen LogP contribution in [-0.2, 0) is 11.2 Å². The number of aryl methyl sites for hydroxylation is 1. The molecule has 142 valence electrons. The van der Waals surface area contributed by atoms with Crippen LogP contribution in [0.25, 0.3) is 21.8 Å². The summed E-state index contributed by atoms with van der Waals surface area (Å²) in [5.41, 5.74) is 3.74. The summed E-state index contributed by atoms with van der Waals surface area (Å²) in [6.07, 6.45) is 0.233. The molecule has 1 amide bonds. The molecule has 0 saturated carbocycles. The van der Waals surface area contributed by atoms with Crippen LogP contribution in [0.3, 0.4) is 0 Å². The molecule has 3 aromatic heterocycles. The SMILES string of the molecule is COc1ccc(-c2nc(NC(=O)Cc3csc(-c4ccsc4)n3)sc2C)cc1. The largest absolute Gasteiger partial charge is 0.497 e. The summed E-state index contributed by atoms with van der Waals surface area (Å²) in [6, 6.07) is 9.77. The maximum absolute atomic E-state index is 12.4. The molecule has 0 saturated heterocycles. The van der Waals surface area contributed by atoms with Crippen molar-refractivity contribution in [2.24, 2.45) is 0 Å². The van der Waals surface area contributed by atoms with Gasteiger partial charge in [0.25, 0.3) is 0 Å². The van der Waals surface area contributed by atoms with Crippen molar-refractivity contribution >= 4 is 45.0 Å². The van der Waals surface area contributed by atoms with E-state index in [2.05, 4.69) is 20.7 Å². The van der Waals surface area contributed by atoms with E-state index in [0.717, 1.165) is 38.1 Å². The zero-order valence-corrected chi connectivity index (χ0v) is 17.7. The molecule has 4 rings (SSSR count). The second kappa shape index (κ2) is 8.22. The first-order chi connectivity index (χ1) is 13.6. The summed E-state index contributed by atoms with van der Waals surface area (Å²) in [6.45, 7) is 2.00. The molecule has 0 aliphatic rings. The molecule has 28 heavy (non-hydrogen) atoms. The Labute approximate surface area is 174 Å². The number of nitrogens with zero attached hydrogens (tertiary/aromatic N) is 2. The number of carbonyl (C=O) groups is 1. The minimum atomic E-state index is -0.114. The van der Waals surface area contributed by atoms with Gasteiger partial charge in [-0.15, -0.1) is 22.7 Å². The van der Waals surface area contributed by atoms with E-state index in [4.69, 9.17) is 4.74 Å². The second-order valence-corrected chi connectivity index (χ2v) is 8.87. The predicted octanol–water partition coefficient (Wildman–Crippen LogP) is 5.49. The minimum absolute atomic E-state index is 0.114. The highest BCUT2D eigenvalue weighted by molar-refractivity contribution is 7.16. The fourth-order valence-electron chi connectivity index (χ4n) is 2.70. The van der Waals surface area contributed by atoms with Gasteiger partial charge < -0.3 is 10.1 Å². The van der Waals surface area contributed by atoms with Crippen molar-refractivity contribution in [2.75, 3.05) is 12.4 Å². The number of thiophene rings is 1. The van der Waals surface area contributed by atoms with Gasteiger partial charge in [0.15, 0.2) is 5.13 Å². The minimum Gasteiger partial charge on any atom is -0.497 e. The van der Waals surface area contributed by atoms with E-state index in [1.165, 1.54) is 11.3 Å². The number of amides is 1. The van der Waals surface area contributed by atoms with Crippen LogP contribution in [0.15, 0.2) is 46.5 Å². The maximum atomic E-state index is 12.4. The first-order valence-electron chi connectivity index (χ1n) is 8.51. The normalized spacial score (nSPS) is 10.8. The van der Waals surface area contributed by atoms with Crippen LogP contribution < -0.4 is 10.1 Å². The molecule has 0 atom stereocenters. The third kappa shape index (κ3) is 4.14. The lowest BCUT2D eigenvalue weighted by Crippen LogP contribution is -2.14. The number of rotatable bonds is 6. The summed E-state index contributed by atoms with van der Waals surface area (Å²) in [5, 5.41) is 10.5. The van der Waals surface area contributed by atoms with Crippen LogP contribution in [0.4, 0.5) is 5.13 Å². The quantitative estimate of drug-likeness (QED) is 0.442. The number of benzene rings is 1. The van der Waals surface area contributed by atoms with Crippen LogP contribution in [0.1, 0.15) is 10.6 Å². The average Bonchev–Trinajstić information content (AvgIpc) is 3.43. The Balaban J connectivity index is 1.43. The van der Waals surface area contributed by atoms with Gasteiger partial charge in [-0.3, -0.25) is 4.79 Å². The van der Waals surface area contributed by atoms with Crippen molar-refractivity contribution in [3.05, 3.63) is 57.0 Å². The number of hydrogen-bond acceptors (Lipinski definition) is 7. The second-order valence-electron chi connectivity index (χ2n) is 6.03. The van der Waals surface area contributed by atoms with Gasteiger partial charge in [-0.05, 0) is 42.6 Å². The van der Waals surface area contributed by atoms with Gasteiger partial charge in [-0.25, -0.2) is 9.97 Å². The van der Waals surface area contributed by atoms with Crippen molar-refractivity contribution in [2.45, 2.75) is 13.3 Å². The van der Waals surface area contributed by atoms with E-state index in [-0.39, 0.29) is 12.3 Å². The molecule has 0 aliphatic heterocycles. The summed E-state index contributed by atoms with van der Waals surface area (Å²) in [7, 11) is 1.64. The highest BCUT2D eigenvalue weighted by Crippen LogP contribution is 2.31. The van der Waals surface area contributed by atoms with Gasteiger partial charge in [0.05, 0.1) is 24.9 Å². The maximum Gasteiger partial charge on any atom is 0.232 e. The van der Waals surface area contributed by atoms with Gasteiger partial charge in [0.2, 0.25) is 5.91 Å². The molecular formula is C20H17N3O2S3. The molecule has 4 aromatic rings. The molecule has 1 N–H and O–H groups in total. The smallest absolute Gasteiger partial charge is 0.232 e. The number of ether oxygens (including phenoxy) is 1. The standard InChI is InChI=1S/C20H17N3O2S3/c1-12-18(13-3-5-16(25-2)6-4-13)23-20(28-12)22-17(24)9-15-11-27-19(21-15)14-7-8-26-10-14/h3-8,10-11H,9H2,1-2H3,(H,22,23,24). The van der Waals surface area contributed by atoms with Gasteiger partial charge >= 0.3 is 0 Å². The van der Waals surface area contributed by atoms with Crippen LogP contribution in [0, 0.1) is 6.92 Å². The third-order valence-electron chi connectivity index (χ3n) is 4.07. The predicted molar refractivity (Wildman–Crippen MR) is 117 cm³/mol. The lowest BCUT2D eigenvalue weighted by Gasteiger charge is -2.02. The van der Waals surface area contributed by atoms with Crippen LogP contribution in [0.5, 0.6) is 5.75 Å². The first kappa shape index (κ1) is 18.8. The molecule has 5 nitrogen and oxygen atoms in total. The number of carbonyl (C=O) groups excluding carboxylic acids is 1. The molecular weight excluding hydrogens is 410 g/mol. The molecule has 3 heterocycles. The van der Waals surface area contributed by atoms with E-state index in [9.17, 15) is 4.79 Å². The Morgan fingerprint density at radius 1 is 1.11 bits per heavy atom. The Hall–Kier alpha value is -2.55. The number of methoxy groups -OCH3 is 1. The zero-order chi connectivity index (χ0) is 19.5. The van der Waals surface area contributed by atoms with Crippen LogP contribution in [-0.4, -0.2) is 23.0 Å². The summed E-state index contributed by atoms with van der Waals surface area (Å²) >= 11 is 4.66. The topological polar surface area (TPSA) is 64.1 Å². The number of hydrogen-bond donors (Lipinski definition) is 1. The van der Waals surface area contributed by atoms with Gasteiger partial charge in [0, 0.05) is 26.8 Å². The highest BCUT2D eigenvalue weighted by Gasteiger charge is 2.14. The van der Waals surface area contributed by atoms with Crippen molar-refractivity contribution < 1.29 is 9.53 Å². The molecule has 0 unspecified atom stereocenters. The van der Waals surface area contributed by atoms with Crippen molar-refractivity contribution in [3.63, 3.8) is 0 Å². The number of nitrogens with one attached hydrogen (secondary N) is 1. The molecule has 0 spiro atoms. The fraction of sp³-hybridized carbons (Fsp3) is 0.150. The fourth-order valence-corrected chi connectivity index (χ4v) is 5.09. The van der Waals surface area contributed by atoms with E-state index >= 15 is 0 Å². The van der Waals surface area contributed by atoms with E-state index in [1.54, 1.807) is 29.8 Å². The molecule has 0 aliphatic carbocycles. The summed E-state index contributed by atoms with van der Waals surface area (Å²) in [4.78, 5) is 22.6. The zero-order valence-electron chi connectivity index (χ0n) is 15.3. The number of aromatic nitrogens is 2. The average molecular weight is 428 g/mol. The first-order valence-corrected chi connectivity index (χ1v) is 11.1. The molecule has 1 aromatic carbocycles. The Bertz CT molecular complexity index is 1080. The van der Waals surface area contributed by atoms with Crippen LogP contribution in [0.2, 0.25) is 0 Å². The molecule has 0 fully saturated rings. The molecule has 0 radical (unpaired) electrons. The number of anilines is 1. The van der Waals surface area contributed by atoms with E-state index in [0.29, 0.717) is 5.13 Å². The van der Waals surface area contributed by atoms with Gasteiger partial charge in [-0.2, -0.15) is 11.3 Å². The Morgan fingerprint density at radius 2 is 1.93 bits per heavy atom. The summed E-state index contributed by atoms with van der Waals surface area (Å²) in [5.74, 6) is 0.687. The lowest BCUT2D eigenvalue weighted by atomic mass is 10.1. The molecule has 8 heteroatoms. The monoisotopic (exact) mass is 427 g/mol.